The Morgan fingerprint density at radius 2 is 1.93 bits per heavy atom. The van der Waals surface area contributed by atoms with Crippen LogP contribution in [0.4, 0.5) is 23.1 Å². The van der Waals surface area contributed by atoms with Crippen LogP contribution in [0.2, 0.25) is 0 Å². The minimum atomic E-state index is -0.691. The van der Waals surface area contributed by atoms with Crippen molar-refractivity contribution in [3.8, 4) is 6.07 Å². The Bertz CT molecular complexity index is 1590. The van der Waals surface area contributed by atoms with Crippen LogP contribution >= 0.6 is 0 Å². The van der Waals surface area contributed by atoms with Crippen molar-refractivity contribution < 1.29 is 4.79 Å². The summed E-state index contributed by atoms with van der Waals surface area (Å²) in [5.41, 5.74) is 4.23. The molecule has 5 rings (SSSR count). The van der Waals surface area contributed by atoms with E-state index in [4.69, 9.17) is 4.98 Å². The number of fused-ring (bicyclic) bond motifs is 1. The van der Waals surface area contributed by atoms with Crippen LogP contribution < -0.4 is 20.9 Å². The zero-order valence-corrected chi connectivity index (χ0v) is 23.2. The number of nitrogens with one attached hydrogen (secondary N) is 3. The average molecular weight is 536 g/mol. The molecule has 1 aliphatic rings. The molecule has 0 bridgehead atoms. The van der Waals surface area contributed by atoms with E-state index in [9.17, 15) is 10.1 Å². The first-order valence-corrected chi connectivity index (χ1v) is 13.4. The Labute approximate surface area is 233 Å². The third-order valence-corrected chi connectivity index (χ3v) is 7.41. The monoisotopic (exact) mass is 535 g/mol. The lowest BCUT2D eigenvalue weighted by molar-refractivity contribution is 0.102. The maximum absolute atomic E-state index is 13.1. The van der Waals surface area contributed by atoms with Crippen LogP contribution in [-0.2, 0) is 5.41 Å². The van der Waals surface area contributed by atoms with Crippen molar-refractivity contribution in [2.24, 2.45) is 0 Å². The van der Waals surface area contributed by atoms with Crippen LogP contribution in [0.1, 0.15) is 48.2 Å². The van der Waals surface area contributed by atoms with Gasteiger partial charge in [0, 0.05) is 30.0 Å². The van der Waals surface area contributed by atoms with E-state index in [0.717, 1.165) is 42.7 Å². The SMILES string of the molecule is Cc1ccc(NC(=O)c2cccc(C(C)(C)C#N)c2)cc1Nc1ncnc2cnc(N(C)C3CCNCC3)nc12. The molecule has 204 valence electrons. The summed E-state index contributed by atoms with van der Waals surface area (Å²) in [4.78, 5) is 33.4. The van der Waals surface area contributed by atoms with Crippen molar-refractivity contribution in [1.29, 1.82) is 5.26 Å². The first-order valence-electron chi connectivity index (χ1n) is 13.4. The van der Waals surface area contributed by atoms with Crippen LogP contribution in [0.3, 0.4) is 0 Å². The third-order valence-electron chi connectivity index (χ3n) is 7.41. The number of nitriles is 1. The van der Waals surface area contributed by atoms with E-state index in [-0.39, 0.29) is 5.91 Å². The number of hydrogen-bond donors (Lipinski definition) is 3. The molecule has 0 radical (unpaired) electrons. The molecular formula is C30H33N9O. The maximum Gasteiger partial charge on any atom is 0.255 e. The molecule has 3 N–H and O–H groups in total. The summed E-state index contributed by atoms with van der Waals surface area (Å²) < 4.78 is 0. The van der Waals surface area contributed by atoms with Gasteiger partial charge in [-0.1, -0.05) is 18.2 Å². The maximum atomic E-state index is 13.1. The second-order valence-electron chi connectivity index (χ2n) is 10.6. The number of benzene rings is 2. The predicted octanol–water partition coefficient (Wildman–Crippen LogP) is 4.71. The van der Waals surface area contributed by atoms with Crippen molar-refractivity contribution in [3.63, 3.8) is 0 Å². The van der Waals surface area contributed by atoms with Gasteiger partial charge in [0.1, 0.15) is 17.4 Å². The highest BCUT2D eigenvalue weighted by atomic mass is 16.1. The fraction of sp³-hybridized carbons (Fsp3) is 0.333. The molecule has 2 aromatic carbocycles. The summed E-state index contributed by atoms with van der Waals surface area (Å²) in [6.07, 6.45) is 5.28. The largest absolute Gasteiger partial charge is 0.341 e. The van der Waals surface area contributed by atoms with Crippen molar-refractivity contribution in [3.05, 3.63) is 71.7 Å². The van der Waals surface area contributed by atoms with Gasteiger partial charge < -0.3 is 20.9 Å². The zero-order valence-electron chi connectivity index (χ0n) is 23.2. The second kappa shape index (κ2) is 11.2. The first-order chi connectivity index (χ1) is 19.2. The number of aromatic nitrogens is 4. The number of hydrogen-bond acceptors (Lipinski definition) is 9. The van der Waals surface area contributed by atoms with E-state index in [1.807, 2.05) is 52.1 Å². The molecule has 0 spiro atoms. The van der Waals surface area contributed by atoms with Crippen LogP contribution in [-0.4, -0.2) is 52.0 Å². The van der Waals surface area contributed by atoms with E-state index < -0.39 is 5.41 Å². The number of carbonyl (C=O) groups excluding carboxylic acids is 1. The van der Waals surface area contributed by atoms with Gasteiger partial charge in [0.25, 0.3) is 5.91 Å². The normalized spacial score (nSPS) is 14.0. The molecule has 1 fully saturated rings. The van der Waals surface area contributed by atoms with Gasteiger partial charge in [-0.25, -0.2) is 19.9 Å². The van der Waals surface area contributed by atoms with Gasteiger partial charge in [-0.2, -0.15) is 5.26 Å². The van der Waals surface area contributed by atoms with Gasteiger partial charge in [0.2, 0.25) is 5.95 Å². The van der Waals surface area contributed by atoms with Crippen LogP contribution in [0.25, 0.3) is 11.0 Å². The van der Waals surface area contributed by atoms with Crippen LogP contribution in [0.15, 0.2) is 55.0 Å². The zero-order chi connectivity index (χ0) is 28.3. The number of piperidine rings is 1. The van der Waals surface area contributed by atoms with Crippen molar-refractivity contribution >= 4 is 40.1 Å². The summed E-state index contributed by atoms with van der Waals surface area (Å²) in [5.74, 6) is 0.943. The highest BCUT2D eigenvalue weighted by molar-refractivity contribution is 6.04. The van der Waals surface area contributed by atoms with Gasteiger partial charge in [-0.3, -0.25) is 4.79 Å². The Morgan fingerprint density at radius 1 is 1.12 bits per heavy atom. The summed E-state index contributed by atoms with van der Waals surface area (Å²) in [7, 11) is 2.03. The van der Waals surface area contributed by atoms with Gasteiger partial charge in [0.15, 0.2) is 5.82 Å². The molecule has 4 aromatic rings. The van der Waals surface area contributed by atoms with E-state index in [1.54, 1.807) is 24.4 Å². The van der Waals surface area contributed by atoms with Crippen LogP contribution in [0.5, 0.6) is 0 Å². The average Bonchev–Trinajstić information content (AvgIpc) is 2.99. The fourth-order valence-electron chi connectivity index (χ4n) is 4.74. The minimum absolute atomic E-state index is 0.254. The highest BCUT2D eigenvalue weighted by Crippen LogP contribution is 2.28. The third kappa shape index (κ3) is 5.70. The number of aryl methyl sites for hydroxylation is 1. The second-order valence-corrected chi connectivity index (χ2v) is 10.6. The number of carbonyl (C=O) groups is 1. The van der Waals surface area contributed by atoms with E-state index in [2.05, 4.69) is 41.9 Å². The topological polar surface area (TPSA) is 132 Å². The minimum Gasteiger partial charge on any atom is -0.341 e. The highest BCUT2D eigenvalue weighted by Gasteiger charge is 2.22. The molecule has 1 amide bonds. The first kappa shape index (κ1) is 27.0. The molecule has 10 nitrogen and oxygen atoms in total. The molecule has 0 atom stereocenters. The number of nitrogens with zero attached hydrogens (tertiary/aromatic N) is 6. The molecular weight excluding hydrogens is 502 g/mol. The Kier molecular flexibility index (Phi) is 7.58. The van der Waals surface area contributed by atoms with Crippen LogP contribution in [0, 0.1) is 18.3 Å². The quantitative estimate of drug-likeness (QED) is 0.308. The molecule has 0 unspecified atom stereocenters. The Morgan fingerprint density at radius 3 is 2.70 bits per heavy atom. The fourth-order valence-corrected chi connectivity index (χ4v) is 4.74. The molecule has 3 heterocycles. The summed E-state index contributed by atoms with van der Waals surface area (Å²) in [6.45, 7) is 7.61. The molecule has 10 heteroatoms. The van der Waals surface area contributed by atoms with Gasteiger partial charge >= 0.3 is 0 Å². The van der Waals surface area contributed by atoms with Crippen molar-refractivity contribution in [2.45, 2.75) is 45.1 Å². The summed E-state index contributed by atoms with van der Waals surface area (Å²) >= 11 is 0. The lowest BCUT2D eigenvalue weighted by Gasteiger charge is -2.31. The number of anilines is 4. The summed E-state index contributed by atoms with van der Waals surface area (Å²) in [6, 6.07) is 15.5. The predicted molar refractivity (Wildman–Crippen MR) is 157 cm³/mol. The lowest BCUT2D eigenvalue weighted by Crippen LogP contribution is -2.41. The standard InChI is InChI=1S/C30H33N9O/c1-19-8-9-22(36-28(40)20-6-5-7-21(14-20)30(2,3)17-31)15-24(19)37-27-26-25(34-18-35-27)16-33-29(38-26)39(4)23-10-12-32-13-11-23/h5-9,14-16,18,23,32H,10-13H2,1-4H3,(H,36,40)(H,34,35,37). The van der Waals surface area contributed by atoms with Gasteiger partial charge in [-0.15, -0.1) is 0 Å². The smallest absolute Gasteiger partial charge is 0.255 e. The number of amides is 1. The van der Waals surface area contributed by atoms with Gasteiger partial charge in [-0.05, 0) is 82.1 Å². The number of rotatable bonds is 7. The molecule has 1 aliphatic heterocycles. The molecule has 1 saturated heterocycles. The lowest BCUT2D eigenvalue weighted by atomic mass is 9.85. The Balaban J connectivity index is 1.39. The van der Waals surface area contributed by atoms with E-state index in [0.29, 0.717) is 40.1 Å². The molecule has 40 heavy (non-hydrogen) atoms. The van der Waals surface area contributed by atoms with E-state index in [1.165, 1.54) is 6.33 Å². The molecule has 0 saturated carbocycles. The molecule has 2 aromatic heterocycles. The summed E-state index contributed by atoms with van der Waals surface area (Å²) in [5, 5.41) is 19.2. The van der Waals surface area contributed by atoms with E-state index >= 15 is 0 Å². The Hall–Kier alpha value is -4.62. The van der Waals surface area contributed by atoms with Crippen molar-refractivity contribution in [1.82, 2.24) is 25.3 Å². The van der Waals surface area contributed by atoms with Crippen molar-refractivity contribution in [2.75, 3.05) is 35.7 Å². The molecule has 0 aliphatic carbocycles. The van der Waals surface area contributed by atoms with Gasteiger partial charge in [0.05, 0.1) is 17.7 Å².